The molecule has 0 radical (unpaired) electrons. The molecular weight excluding hydrogens is 205 g/mol. The van der Waals surface area contributed by atoms with E-state index >= 15 is 0 Å². The van der Waals surface area contributed by atoms with Crippen LogP contribution in [0.3, 0.4) is 0 Å². The lowest BCUT2D eigenvalue weighted by Crippen LogP contribution is -1.90. The number of nitrogens with zero attached hydrogens (tertiary/aromatic N) is 2. The first kappa shape index (κ1) is 10.3. The molecule has 80 valence electrons. The number of hydrogen-bond acceptors (Lipinski definition) is 3. The van der Waals surface area contributed by atoms with Crippen molar-refractivity contribution in [2.75, 3.05) is 5.43 Å². The smallest absolute Gasteiger partial charge is 0.123 e. The highest BCUT2D eigenvalue weighted by atomic mass is 19.1. The Morgan fingerprint density at radius 2 is 1.75 bits per heavy atom. The van der Waals surface area contributed by atoms with Crippen molar-refractivity contribution in [3.8, 4) is 0 Å². The summed E-state index contributed by atoms with van der Waals surface area (Å²) >= 11 is 0. The largest absolute Gasteiger partial charge is 0.279 e. The molecule has 1 N–H and O–H groups in total. The summed E-state index contributed by atoms with van der Waals surface area (Å²) < 4.78 is 12.6. The average Bonchev–Trinajstić information content (AvgIpc) is 2.33. The predicted molar refractivity (Wildman–Crippen MR) is 61.9 cm³/mol. The van der Waals surface area contributed by atoms with Crippen LogP contribution in [0.4, 0.5) is 10.1 Å². The molecule has 1 heterocycles. The van der Waals surface area contributed by atoms with E-state index < -0.39 is 0 Å². The van der Waals surface area contributed by atoms with Gasteiger partial charge in [0.25, 0.3) is 0 Å². The molecule has 16 heavy (non-hydrogen) atoms. The van der Waals surface area contributed by atoms with Gasteiger partial charge in [0, 0.05) is 12.4 Å². The molecule has 0 unspecified atom stereocenters. The van der Waals surface area contributed by atoms with E-state index in [1.54, 1.807) is 30.7 Å². The minimum absolute atomic E-state index is 0.260. The number of aromatic nitrogens is 1. The van der Waals surface area contributed by atoms with E-state index in [4.69, 9.17) is 0 Å². The highest BCUT2D eigenvalue weighted by molar-refractivity contribution is 5.79. The number of hydrogen-bond donors (Lipinski definition) is 1. The first-order valence-corrected chi connectivity index (χ1v) is 4.79. The number of hydrazone groups is 1. The van der Waals surface area contributed by atoms with E-state index in [9.17, 15) is 4.39 Å². The normalized spacial score (nSPS) is 10.6. The predicted octanol–water partition coefficient (Wildman–Crippen LogP) is 2.67. The van der Waals surface area contributed by atoms with Crippen LogP contribution in [0.15, 0.2) is 53.9 Å². The van der Waals surface area contributed by atoms with E-state index in [2.05, 4.69) is 15.5 Å². The quantitative estimate of drug-likeness (QED) is 0.631. The van der Waals surface area contributed by atoms with Crippen LogP contribution in [0.25, 0.3) is 0 Å². The molecule has 3 nitrogen and oxygen atoms in total. The zero-order valence-corrected chi connectivity index (χ0v) is 8.47. The molecule has 0 saturated heterocycles. The molecule has 2 rings (SSSR count). The Labute approximate surface area is 92.7 Å². The van der Waals surface area contributed by atoms with Gasteiger partial charge in [0.2, 0.25) is 0 Å². The summed E-state index contributed by atoms with van der Waals surface area (Å²) in [6.45, 7) is 0. The van der Waals surface area contributed by atoms with Crippen molar-refractivity contribution in [1.29, 1.82) is 0 Å². The van der Waals surface area contributed by atoms with Gasteiger partial charge in [-0.15, -0.1) is 0 Å². The Morgan fingerprint density at radius 3 is 2.44 bits per heavy atom. The van der Waals surface area contributed by atoms with Crippen molar-refractivity contribution < 1.29 is 4.39 Å². The van der Waals surface area contributed by atoms with Gasteiger partial charge >= 0.3 is 0 Å². The maximum absolute atomic E-state index is 12.6. The van der Waals surface area contributed by atoms with Crippen LogP contribution in [-0.4, -0.2) is 11.2 Å². The third-order valence-electron chi connectivity index (χ3n) is 1.96. The second-order valence-corrected chi connectivity index (χ2v) is 3.16. The number of anilines is 1. The number of halogens is 1. The van der Waals surface area contributed by atoms with Gasteiger partial charge in [-0.1, -0.05) is 0 Å². The van der Waals surface area contributed by atoms with Crippen LogP contribution in [0.1, 0.15) is 5.56 Å². The molecule has 0 saturated carbocycles. The van der Waals surface area contributed by atoms with Gasteiger partial charge in [-0.25, -0.2) is 4.39 Å². The second-order valence-electron chi connectivity index (χ2n) is 3.16. The Kier molecular flexibility index (Phi) is 3.23. The van der Waals surface area contributed by atoms with Crippen molar-refractivity contribution in [2.24, 2.45) is 5.10 Å². The highest BCUT2D eigenvalue weighted by Crippen LogP contribution is 2.07. The van der Waals surface area contributed by atoms with Crippen LogP contribution >= 0.6 is 0 Å². The summed E-state index contributed by atoms with van der Waals surface area (Å²) in [5.41, 5.74) is 4.49. The third-order valence-corrected chi connectivity index (χ3v) is 1.96. The van der Waals surface area contributed by atoms with Crippen molar-refractivity contribution in [2.45, 2.75) is 0 Å². The SMILES string of the molecule is Fc1ccc(N/N=C\c2ccncc2)cc1. The fraction of sp³-hybridized carbons (Fsp3) is 0. The Bertz CT molecular complexity index is 465. The molecule has 0 bridgehead atoms. The summed E-state index contributed by atoms with van der Waals surface area (Å²) in [4.78, 5) is 3.90. The second kappa shape index (κ2) is 5.02. The summed E-state index contributed by atoms with van der Waals surface area (Å²) in [6.07, 6.45) is 5.06. The fourth-order valence-corrected chi connectivity index (χ4v) is 1.16. The molecule has 0 spiro atoms. The van der Waals surface area contributed by atoms with Crippen LogP contribution in [0, 0.1) is 5.82 Å². The summed E-state index contributed by atoms with van der Waals surface area (Å²) in [6, 6.07) is 9.69. The lowest BCUT2D eigenvalue weighted by atomic mass is 10.3. The van der Waals surface area contributed by atoms with Gasteiger partial charge in [-0.2, -0.15) is 5.10 Å². The Balaban J connectivity index is 1.97. The van der Waals surface area contributed by atoms with Gasteiger partial charge < -0.3 is 0 Å². The van der Waals surface area contributed by atoms with Crippen molar-refractivity contribution >= 4 is 11.9 Å². The standard InChI is InChI=1S/C12H10FN3/c13-11-1-3-12(4-2-11)16-15-9-10-5-7-14-8-6-10/h1-9,16H/b15-9-. The first-order valence-electron chi connectivity index (χ1n) is 4.79. The highest BCUT2D eigenvalue weighted by Gasteiger charge is 1.90. The van der Waals surface area contributed by atoms with E-state index in [0.29, 0.717) is 0 Å². The lowest BCUT2D eigenvalue weighted by Gasteiger charge is -1.98. The van der Waals surface area contributed by atoms with Gasteiger partial charge in [0.1, 0.15) is 5.82 Å². The number of pyridine rings is 1. The summed E-state index contributed by atoms with van der Waals surface area (Å²) in [7, 11) is 0. The molecule has 4 heteroatoms. The minimum atomic E-state index is -0.260. The molecule has 0 atom stereocenters. The monoisotopic (exact) mass is 215 g/mol. The number of benzene rings is 1. The molecule has 0 amide bonds. The molecule has 1 aromatic carbocycles. The fourth-order valence-electron chi connectivity index (χ4n) is 1.16. The zero-order valence-electron chi connectivity index (χ0n) is 8.47. The van der Waals surface area contributed by atoms with Crippen molar-refractivity contribution in [3.63, 3.8) is 0 Å². The van der Waals surface area contributed by atoms with E-state index in [0.717, 1.165) is 11.3 Å². The maximum atomic E-state index is 12.6. The average molecular weight is 215 g/mol. The van der Waals surface area contributed by atoms with Gasteiger partial charge in [-0.05, 0) is 42.0 Å². The number of rotatable bonds is 3. The van der Waals surface area contributed by atoms with Gasteiger partial charge in [-0.3, -0.25) is 10.4 Å². The minimum Gasteiger partial charge on any atom is -0.279 e. The molecule has 0 fully saturated rings. The van der Waals surface area contributed by atoms with E-state index in [1.165, 1.54) is 12.1 Å². The van der Waals surface area contributed by atoms with E-state index in [1.807, 2.05) is 12.1 Å². The molecular formula is C12H10FN3. The third kappa shape index (κ3) is 2.88. The molecule has 0 aliphatic rings. The lowest BCUT2D eigenvalue weighted by molar-refractivity contribution is 0.628. The molecule has 2 aromatic rings. The number of nitrogens with one attached hydrogen (secondary N) is 1. The van der Waals surface area contributed by atoms with E-state index in [-0.39, 0.29) is 5.82 Å². The molecule has 1 aromatic heterocycles. The zero-order chi connectivity index (χ0) is 11.2. The van der Waals surface area contributed by atoms with Crippen LogP contribution in [-0.2, 0) is 0 Å². The summed E-state index contributed by atoms with van der Waals surface area (Å²) in [5.74, 6) is -0.260. The molecule has 0 aliphatic carbocycles. The Morgan fingerprint density at radius 1 is 1.06 bits per heavy atom. The van der Waals surface area contributed by atoms with Crippen LogP contribution in [0.5, 0.6) is 0 Å². The van der Waals surface area contributed by atoms with Gasteiger partial charge in [0.15, 0.2) is 0 Å². The van der Waals surface area contributed by atoms with Crippen LogP contribution in [0.2, 0.25) is 0 Å². The van der Waals surface area contributed by atoms with Gasteiger partial charge in [0.05, 0.1) is 11.9 Å². The van der Waals surface area contributed by atoms with Crippen molar-refractivity contribution in [1.82, 2.24) is 4.98 Å². The Hall–Kier alpha value is -2.23. The van der Waals surface area contributed by atoms with Crippen LogP contribution < -0.4 is 5.43 Å². The topological polar surface area (TPSA) is 37.3 Å². The van der Waals surface area contributed by atoms with Crippen molar-refractivity contribution in [3.05, 3.63) is 60.2 Å². The molecule has 0 aliphatic heterocycles. The summed E-state index contributed by atoms with van der Waals surface area (Å²) in [5, 5.41) is 4.02. The maximum Gasteiger partial charge on any atom is 0.123 e. The first-order chi connectivity index (χ1) is 7.84.